The van der Waals surface area contributed by atoms with Gasteiger partial charge in [-0.3, -0.25) is 0 Å². The summed E-state index contributed by atoms with van der Waals surface area (Å²) in [7, 11) is 0. The van der Waals surface area contributed by atoms with Gasteiger partial charge in [0.1, 0.15) is 6.61 Å². The van der Waals surface area contributed by atoms with Gasteiger partial charge < -0.3 is 23.7 Å². The zero-order valence-corrected chi connectivity index (χ0v) is 12.7. The van der Waals surface area contributed by atoms with Gasteiger partial charge in [0, 0.05) is 13.0 Å². The molecule has 0 fully saturated rings. The number of terminal acetylenes is 2. The molecule has 21 heavy (non-hydrogen) atoms. The Hall–Kier alpha value is -1.08. The Balaban J connectivity index is 2.94. The molecule has 0 aliphatic rings. The standard InChI is InChI=1S/C16H26O5/c1-3-5-6-8-18-10-12-20-14-16-21-15-13-19-11-9-17-7-4-2/h1-2H,5-16H2. The van der Waals surface area contributed by atoms with Gasteiger partial charge in [-0.25, -0.2) is 0 Å². The second-order valence-corrected chi connectivity index (χ2v) is 4.01. The zero-order valence-electron chi connectivity index (χ0n) is 12.7. The van der Waals surface area contributed by atoms with Crippen molar-refractivity contribution in [2.24, 2.45) is 0 Å². The highest BCUT2D eigenvalue weighted by Crippen LogP contribution is 1.88. The fourth-order valence-electron chi connectivity index (χ4n) is 1.29. The smallest absolute Gasteiger partial charge is 0.107 e. The zero-order chi connectivity index (χ0) is 15.4. The molecule has 120 valence electrons. The van der Waals surface area contributed by atoms with E-state index in [-0.39, 0.29) is 0 Å². The molecule has 0 rings (SSSR count). The predicted molar refractivity (Wildman–Crippen MR) is 81.0 cm³/mol. The van der Waals surface area contributed by atoms with Gasteiger partial charge in [-0.05, 0) is 6.42 Å². The maximum absolute atomic E-state index is 5.34. The highest BCUT2D eigenvalue weighted by Gasteiger charge is 1.93. The third-order valence-corrected chi connectivity index (χ3v) is 2.28. The molecular weight excluding hydrogens is 272 g/mol. The molecule has 0 heterocycles. The normalized spacial score (nSPS) is 10.2. The van der Waals surface area contributed by atoms with E-state index in [0.29, 0.717) is 66.1 Å². The van der Waals surface area contributed by atoms with Gasteiger partial charge in [0.2, 0.25) is 0 Å². The van der Waals surface area contributed by atoms with Crippen LogP contribution in [0.1, 0.15) is 12.8 Å². The Bertz CT molecular complexity index is 251. The molecule has 0 amide bonds. The third-order valence-electron chi connectivity index (χ3n) is 2.28. The van der Waals surface area contributed by atoms with Crippen molar-refractivity contribution in [2.45, 2.75) is 12.8 Å². The predicted octanol–water partition coefficient (Wildman–Crippen LogP) is 1.12. The fourth-order valence-corrected chi connectivity index (χ4v) is 1.29. The largest absolute Gasteiger partial charge is 0.379 e. The van der Waals surface area contributed by atoms with Gasteiger partial charge in [0.25, 0.3) is 0 Å². The first-order valence-corrected chi connectivity index (χ1v) is 7.17. The van der Waals surface area contributed by atoms with Crippen molar-refractivity contribution in [3.8, 4) is 24.7 Å². The molecular formula is C16H26O5. The summed E-state index contributed by atoms with van der Waals surface area (Å²) in [4.78, 5) is 0. The van der Waals surface area contributed by atoms with Crippen LogP contribution in [-0.2, 0) is 23.7 Å². The number of unbranched alkanes of at least 4 members (excludes halogenated alkanes) is 1. The summed E-state index contributed by atoms with van der Waals surface area (Å²) in [5.74, 6) is 4.95. The first-order chi connectivity index (χ1) is 10.4. The molecule has 0 aromatic carbocycles. The van der Waals surface area contributed by atoms with Crippen molar-refractivity contribution in [3.05, 3.63) is 0 Å². The van der Waals surface area contributed by atoms with E-state index in [9.17, 15) is 0 Å². The molecule has 0 bridgehead atoms. The average molecular weight is 298 g/mol. The lowest BCUT2D eigenvalue weighted by Gasteiger charge is -2.07. The van der Waals surface area contributed by atoms with Crippen LogP contribution in [-0.4, -0.2) is 66.1 Å². The van der Waals surface area contributed by atoms with E-state index in [1.54, 1.807) is 0 Å². The molecule has 0 atom stereocenters. The Morgan fingerprint density at radius 1 is 0.524 bits per heavy atom. The van der Waals surface area contributed by atoms with Crippen molar-refractivity contribution in [1.82, 2.24) is 0 Å². The second kappa shape index (κ2) is 18.9. The Kier molecular flexibility index (Phi) is 17.9. The van der Waals surface area contributed by atoms with Crippen molar-refractivity contribution < 1.29 is 23.7 Å². The van der Waals surface area contributed by atoms with E-state index >= 15 is 0 Å². The van der Waals surface area contributed by atoms with Crippen LogP contribution < -0.4 is 0 Å². The minimum atomic E-state index is 0.324. The van der Waals surface area contributed by atoms with Crippen LogP contribution in [0, 0.1) is 24.7 Å². The van der Waals surface area contributed by atoms with E-state index in [0.717, 1.165) is 12.8 Å². The molecule has 0 aromatic heterocycles. The van der Waals surface area contributed by atoms with E-state index in [4.69, 9.17) is 36.5 Å². The monoisotopic (exact) mass is 298 g/mol. The van der Waals surface area contributed by atoms with Crippen LogP contribution >= 0.6 is 0 Å². The topological polar surface area (TPSA) is 46.2 Å². The van der Waals surface area contributed by atoms with Crippen LogP contribution in [0.15, 0.2) is 0 Å². The van der Waals surface area contributed by atoms with Crippen molar-refractivity contribution in [2.75, 3.05) is 66.1 Å². The summed E-state index contributed by atoms with van der Waals surface area (Å²) in [6.07, 6.45) is 11.8. The molecule has 0 saturated carbocycles. The quantitative estimate of drug-likeness (QED) is 0.316. The summed E-state index contributed by atoms with van der Waals surface area (Å²) in [6.45, 7) is 5.39. The lowest BCUT2D eigenvalue weighted by atomic mass is 10.3. The van der Waals surface area contributed by atoms with E-state index in [1.807, 2.05) is 0 Å². The average Bonchev–Trinajstić information content (AvgIpc) is 2.50. The van der Waals surface area contributed by atoms with Crippen LogP contribution in [0.2, 0.25) is 0 Å². The molecule has 5 heteroatoms. The second-order valence-electron chi connectivity index (χ2n) is 4.01. The van der Waals surface area contributed by atoms with Gasteiger partial charge >= 0.3 is 0 Å². The third kappa shape index (κ3) is 18.9. The fraction of sp³-hybridized carbons (Fsp3) is 0.750. The van der Waals surface area contributed by atoms with Crippen LogP contribution in [0.25, 0.3) is 0 Å². The first-order valence-electron chi connectivity index (χ1n) is 7.17. The maximum Gasteiger partial charge on any atom is 0.107 e. The molecule has 0 spiro atoms. The van der Waals surface area contributed by atoms with Crippen LogP contribution in [0.4, 0.5) is 0 Å². The molecule has 0 N–H and O–H groups in total. The van der Waals surface area contributed by atoms with E-state index in [1.165, 1.54) is 0 Å². The number of hydrogen-bond acceptors (Lipinski definition) is 5. The molecule has 0 radical (unpaired) electrons. The molecule has 0 saturated heterocycles. The minimum absolute atomic E-state index is 0.324. The van der Waals surface area contributed by atoms with Crippen molar-refractivity contribution >= 4 is 0 Å². The highest BCUT2D eigenvalue weighted by molar-refractivity contribution is 4.83. The summed E-state index contributed by atoms with van der Waals surface area (Å²) in [5.41, 5.74) is 0. The summed E-state index contributed by atoms with van der Waals surface area (Å²) in [5, 5.41) is 0. The molecule has 0 aliphatic carbocycles. The van der Waals surface area contributed by atoms with E-state index in [2.05, 4.69) is 11.8 Å². The van der Waals surface area contributed by atoms with Gasteiger partial charge in [-0.2, -0.15) is 0 Å². The molecule has 0 aromatic rings. The van der Waals surface area contributed by atoms with Gasteiger partial charge in [-0.1, -0.05) is 5.92 Å². The van der Waals surface area contributed by atoms with Crippen LogP contribution in [0.3, 0.4) is 0 Å². The number of hydrogen-bond donors (Lipinski definition) is 0. The molecule has 5 nitrogen and oxygen atoms in total. The Labute approximate surface area is 128 Å². The van der Waals surface area contributed by atoms with Crippen molar-refractivity contribution in [1.29, 1.82) is 0 Å². The first kappa shape index (κ1) is 19.9. The number of rotatable bonds is 16. The Morgan fingerprint density at radius 3 is 1.38 bits per heavy atom. The van der Waals surface area contributed by atoms with Gasteiger partial charge in [-0.15, -0.1) is 18.8 Å². The van der Waals surface area contributed by atoms with Crippen LogP contribution in [0.5, 0.6) is 0 Å². The van der Waals surface area contributed by atoms with E-state index < -0.39 is 0 Å². The summed E-state index contributed by atoms with van der Waals surface area (Å²) in [6, 6.07) is 0. The summed E-state index contributed by atoms with van der Waals surface area (Å²) >= 11 is 0. The minimum Gasteiger partial charge on any atom is -0.379 e. The molecule has 0 aliphatic heterocycles. The lowest BCUT2D eigenvalue weighted by molar-refractivity contribution is -0.00920. The van der Waals surface area contributed by atoms with Gasteiger partial charge in [0.15, 0.2) is 0 Å². The Morgan fingerprint density at radius 2 is 0.952 bits per heavy atom. The lowest BCUT2D eigenvalue weighted by Crippen LogP contribution is -2.13. The van der Waals surface area contributed by atoms with Gasteiger partial charge in [0.05, 0.1) is 52.9 Å². The highest BCUT2D eigenvalue weighted by atomic mass is 16.6. The summed E-state index contributed by atoms with van der Waals surface area (Å²) < 4.78 is 26.3. The molecule has 0 unspecified atom stereocenters. The number of ether oxygens (including phenoxy) is 5. The SMILES string of the molecule is C#CCCCOCCOCCOCCOCCOCC#C. The maximum atomic E-state index is 5.34. The van der Waals surface area contributed by atoms with Crippen molar-refractivity contribution in [3.63, 3.8) is 0 Å².